The molecule has 2 aromatic carbocycles. The molecule has 24 heavy (non-hydrogen) atoms. The maximum atomic E-state index is 5.49. The van der Waals surface area contributed by atoms with Gasteiger partial charge in [-0.25, -0.2) is 0 Å². The van der Waals surface area contributed by atoms with E-state index in [0.29, 0.717) is 24.7 Å². The van der Waals surface area contributed by atoms with E-state index < -0.39 is 0 Å². The molecule has 0 fully saturated rings. The van der Waals surface area contributed by atoms with Crippen molar-refractivity contribution in [2.24, 2.45) is 5.10 Å². The molecule has 5 nitrogen and oxygen atoms in total. The average molecular weight is 393 g/mol. The quantitative estimate of drug-likeness (QED) is 0.544. The summed E-state index contributed by atoms with van der Waals surface area (Å²) >= 11 is 3.49. The van der Waals surface area contributed by atoms with Crippen LogP contribution >= 0.6 is 15.9 Å². The minimum atomic E-state index is 0.592. The van der Waals surface area contributed by atoms with Gasteiger partial charge in [0.25, 0.3) is 0 Å². The first-order valence-electron chi connectivity index (χ1n) is 7.57. The molecule has 0 amide bonds. The van der Waals surface area contributed by atoms with Gasteiger partial charge in [-0.05, 0) is 64.3 Å². The third-order valence-corrected chi connectivity index (χ3v) is 3.91. The Kier molecular flexibility index (Phi) is 6.93. The van der Waals surface area contributed by atoms with Crippen molar-refractivity contribution in [2.45, 2.75) is 13.5 Å². The van der Waals surface area contributed by atoms with Gasteiger partial charge in [-0.15, -0.1) is 0 Å². The number of hydrogen-bond donors (Lipinski definition) is 1. The molecule has 0 radical (unpaired) electrons. The predicted molar refractivity (Wildman–Crippen MR) is 99.3 cm³/mol. The zero-order valence-corrected chi connectivity index (χ0v) is 15.6. The SMILES string of the molecule is CCOc1ccc(/C=N/NCc2ccc(OC)c(OC)c2)cc1Br. The van der Waals surface area contributed by atoms with Crippen LogP contribution in [0, 0.1) is 0 Å². The number of ether oxygens (including phenoxy) is 3. The summed E-state index contributed by atoms with van der Waals surface area (Å²) in [6.45, 7) is 3.19. The lowest BCUT2D eigenvalue weighted by Crippen LogP contribution is -2.06. The Morgan fingerprint density at radius 3 is 2.46 bits per heavy atom. The molecule has 0 aliphatic carbocycles. The summed E-state index contributed by atoms with van der Waals surface area (Å²) in [4.78, 5) is 0. The third kappa shape index (κ3) is 4.89. The van der Waals surface area contributed by atoms with Crippen LogP contribution in [0.25, 0.3) is 0 Å². The molecule has 0 unspecified atom stereocenters. The number of hydrogen-bond acceptors (Lipinski definition) is 5. The summed E-state index contributed by atoms with van der Waals surface area (Å²) in [6.07, 6.45) is 1.77. The summed E-state index contributed by atoms with van der Waals surface area (Å²) in [7, 11) is 3.24. The predicted octanol–water partition coefficient (Wildman–Crippen LogP) is 3.99. The fourth-order valence-corrected chi connectivity index (χ4v) is 2.63. The average Bonchev–Trinajstić information content (AvgIpc) is 2.60. The molecular weight excluding hydrogens is 372 g/mol. The minimum absolute atomic E-state index is 0.592. The molecule has 0 aromatic heterocycles. The highest BCUT2D eigenvalue weighted by Crippen LogP contribution is 2.27. The first kappa shape index (κ1) is 18.1. The number of methoxy groups -OCH3 is 2. The van der Waals surface area contributed by atoms with E-state index in [1.165, 1.54) is 0 Å². The fraction of sp³-hybridized carbons (Fsp3) is 0.278. The molecule has 0 saturated heterocycles. The lowest BCUT2D eigenvalue weighted by molar-refractivity contribution is 0.338. The Balaban J connectivity index is 1.94. The molecule has 0 aliphatic heterocycles. The monoisotopic (exact) mass is 392 g/mol. The zero-order valence-electron chi connectivity index (χ0n) is 14.0. The van der Waals surface area contributed by atoms with E-state index in [9.17, 15) is 0 Å². The standard InChI is InChI=1S/C18H21BrN2O3/c1-4-24-16-7-5-13(9-15(16)19)11-20-21-12-14-6-8-17(22-2)18(10-14)23-3/h5-11,21H,4,12H2,1-3H3/b20-11+. The van der Waals surface area contributed by atoms with E-state index >= 15 is 0 Å². The van der Waals surface area contributed by atoms with Crippen molar-refractivity contribution >= 4 is 22.1 Å². The van der Waals surface area contributed by atoms with Gasteiger partial charge in [0.05, 0.1) is 38.1 Å². The summed E-state index contributed by atoms with van der Waals surface area (Å²) in [5.41, 5.74) is 5.06. The van der Waals surface area contributed by atoms with Gasteiger partial charge >= 0.3 is 0 Å². The van der Waals surface area contributed by atoms with Crippen molar-refractivity contribution in [1.29, 1.82) is 0 Å². The largest absolute Gasteiger partial charge is 0.493 e. The van der Waals surface area contributed by atoms with Crippen molar-refractivity contribution in [1.82, 2.24) is 5.43 Å². The van der Waals surface area contributed by atoms with Gasteiger partial charge in [0.2, 0.25) is 0 Å². The number of nitrogens with zero attached hydrogens (tertiary/aromatic N) is 1. The van der Waals surface area contributed by atoms with Crippen molar-refractivity contribution in [2.75, 3.05) is 20.8 Å². The topological polar surface area (TPSA) is 52.1 Å². The van der Waals surface area contributed by atoms with Gasteiger partial charge in [-0.3, -0.25) is 0 Å². The Morgan fingerprint density at radius 2 is 1.79 bits per heavy atom. The molecule has 1 N–H and O–H groups in total. The summed E-state index contributed by atoms with van der Waals surface area (Å²) in [5.74, 6) is 2.24. The third-order valence-electron chi connectivity index (χ3n) is 3.29. The van der Waals surface area contributed by atoms with Crippen LogP contribution in [0.5, 0.6) is 17.2 Å². The van der Waals surface area contributed by atoms with E-state index in [4.69, 9.17) is 14.2 Å². The maximum Gasteiger partial charge on any atom is 0.161 e. The second-order valence-corrected chi connectivity index (χ2v) is 5.76. The molecule has 0 spiro atoms. The number of hydrazone groups is 1. The van der Waals surface area contributed by atoms with Crippen LogP contribution in [0.2, 0.25) is 0 Å². The highest BCUT2D eigenvalue weighted by molar-refractivity contribution is 9.10. The van der Waals surface area contributed by atoms with Crippen LogP contribution in [0.3, 0.4) is 0 Å². The van der Waals surface area contributed by atoms with E-state index in [2.05, 4.69) is 26.5 Å². The van der Waals surface area contributed by atoms with Crippen molar-refractivity contribution in [3.63, 3.8) is 0 Å². The van der Waals surface area contributed by atoms with E-state index in [1.54, 1.807) is 20.4 Å². The second-order valence-electron chi connectivity index (χ2n) is 4.91. The van der Waals surface area contributed by atoms with Gasteiger partial charge in [-0.1, -0.05) is 6.07 Å². The number of nitrogens with one attached hydrogen (secondary N) is 1. The Morgan fingerprint density at radius 1 is 1.04 bits per heavy atom. The summed E-state index contributed by atoms with van der Waals surface area (Å²) in [6, 6.07) is 11.6. The first-order valence-corrected chi connectivity index (χ1v) is 8.36. The van der Waals surface area contributed by atoms with E-state index in [0.717, 1.165) is 21.3 Å². The lowest BCUT2D eigenvalue weighted by Gasteiger charge is -2.09. The molecule has 0 saturated carbocycles. The molecule has 0 atom stereocenters. The fourth-order valence-electron chi connectivity index (χ4n) is 2.12. The Bertz CT molecular complexity index is 705. The molecular formula is C18H21BrN2O3. The first-order chi connectivity index (χ1) is 11.7. The van der Waals surface area contributed by atoms with Gasteiger partial charge in [0, 0.05) is 0 Å². The normalized spacial score (nSPS) is 10.7. The molecule has 0 aliphatic rings. The second kappa shape index (κ2) is 9.17. The minimum Gasteiger partial charge on any atom is -0.493 e. The van der Waals surface area contributed by atoms with Crippen LogP contribution in [-0.4, -0.2) is 27.0 Å². The van der Waals surface area contributed by atoms with Crippen molar-refractivity contribution in [3.05, 3.63) is 52.0 Å². The highest BCUT2D eigenvalue weighted by atomic mass is 79.9. The van der Waals surface area contributed by atoms with Gasteiger partial charge < -0.3 is 19.6 Å². The highest BCUT2D eigenvalue weighted by Gasteiger charge is 2.04. The number of rotatable bonds is 8. The Hall–Kier alpha value is -2.21. The van der Waals surface area contributed by atoms with Crippen LogP contribution in [0.15, 0.2) is 46.0 Å². The molecule has 2 rings (SSSR count). The van der Waals surface area contributed by atoms with Crippen LogP contribution in [0.1, 0.15) is 18.1 Å². The molecule has 2 aromatic rings. The smallest absolute Gasteiger partial charge is 0.161 e. The Labute approximate surface area is 150 Å². The summed E-state index contributed by atoms with van der Waals surface area (Å²) < 4.78 is 16.9. The molecule has 0 heterocycles. The van der Waals surface area contributed by atoms with E-state index in [1.807, 2.05) is 43.3 Å². The lowest BCUT2D eigenvalue weighted by atomic mass is 10.2. The van der Waals surface area contributed by atoms with E-state index in [-0.39, 0.29) is 0 Å². The maximum absolute atomic E-state index is 5.49. The van der Waals surface area contributed by atoms with Gasteiger partial charge in [0.15, 0.2) is 11.5 Å². The van der Waals surface area contributed by atoms with Crippen LogP contribution in [-0.2, 0) is 6.54 Å². The number of halogens is 1. The van der Waals surface area contributed by atoms with Crippen LogP contribution < -0.4 is 19.6 Å². The number of benzene rings is 2. The van der Waals surface area contributed by atoms with Gasteiger partial charge in [-0.2, -0.15) is 5.10 Å². The summed E-state index contributed by atoms with van der Waals surface area (Å²) in [5, 5.41) is 4.24. The van der Waals surface area contributed by atoms with Crippen LogP contribution in [0.4, 0.5) is 0 Å². The van der Waals surface area contributed by atoms with Gasteiger partial charge in [0.1, 0.15) is 5.75 Å². The molecule has 128 valence electrons. The zero-order chi connectivity index (χ0) is 17.4. The van der Waals surface area contributed by atoms with Crippen molar-refractivity contribution in [3.8, 4) is 17.2 Å². The molecule has 6 heteroatoms. The molecule has 0 bridgehead atoms. The van der Waals surface area contributed by atoms with Crippen molar-refractivity contribution < 1.29 is 14.2 Å².